The third kappa shape index (κ3) is 3.34. The fraction of sp³-hybridized carbons (Fsp3) is 0.455. The minimum Gasteiger partial charge on any atom is -0.462 e. The first-order valence-corrected chi connectivity index (χ1v) is 6.15. The molecule has 1 aromatic rings. The van der Waals surface area contributed by atoms with Crippen molar-refractivity contribution >= 4 is 28.0 Å². The Morgan fingerprint density at radius 1 is 1.62 bits per heavy atom. The van der Waals surface area contributed by atoms with E-state index in [1.165, 1.54) is 11.3 Å². The standard InChI is InChI=1S/C11H16N2O2S/c1-3-5-8(10(14)15-6-4-2)9-7-16-11(12)13-9/h5,7H,3-4,6H2,1-2H3,(H2,12,13)/b8-5-. The Morgan fingerprint density at radius 2 is 2.38 bits per heavy atom. The topological polar surface area (TPSA) is 65.2 Å². The number of hydrogen-bond acceptors (Lipinski definition) is 5. The van der Waals surface area contributed by atoms with Gasteiger partial charge in [0.05, 0.1) is 17.9 Å². The molecule has 88 valence electrons. The number of rotatable bonds is 5. The van der Waals surface area contributed by atoms with E-state index in [9.17, 15) is 4.79 Å². The van der Waals surface area contributed by atoms with Crippen LogP contribution in [0.5, 0.6) is 0 Å². The van der Waals surface area contributed by atoms with Crippen LogP contribution in [0.25, 0.3) is 5.57 Å². The number of nitrogen functional groups attached to an aromatic ring is 1. The van der Waals surface area contributed by atoms with E-state index < -0.39 is 0 Å². The Bertz CT molecular complexity index is 385. The van der Waals surface area contributed by atoms with Gasteiger partial charge in [-0.3, -0.25) is 0 Å². The molecule has 0 fully saturated rings. The molecule has 5 heteroatoms. The third-order valence-corrected chi connectivity index (χ3v) is 2.54. The molecule has 0 radical (unpaired) electrons. The lowest BCUT2D eigenvalue weighted by atomic mass is 10.2. The lowest BCUT2D eigenvalue weighted by Gasteiger charge is -2.04. The summed E-state index contributed by atoms with van der Waals surface area (Å²) in [6.07, 6.45) is 3.38. The maximum Gasteiger partial charge on any atom is 0.340 e. The van der Waals surface area contributed by atoms with Crippen molar-refractivity contribution in [3.8, 4) is 0 Å². The molecule has 0 aliphatic heterocycles. The maximum atomic E-state index is 11.7. The molecule has 0 saturated carbocycles. The minimum absolute atomic E-state index is 0.325. The van der Waals surface area contributed by atoms with Gasteiger partial charge in [0.25, 0.3) is 0 Å². The first-order chi connectivity index (χ1) is 7.69. The zero-order chi connectivity index (χ0) is 12.0. The molecule has 0 aliphatic carbocycles. The Hall–Kier alpha value is -1.36. The Kier molecular flexibility index (Phi) is 4.98. The molecule has 0 amide bonds. The zero-order valence-corrected chi connectivity index (χ0v) is 10.3. The number of thiazole rings is 1. The zero-order valence-electron chi connectivity index (χ0n) is 9.53. The highest BCUT2D eigenvalue weighted by atomic mass is 32.1. The van der Waals surface area contributed by atoms with Crippen LogP contribution in [-0.2, 0) is 9.53 Å². The van der Waals surface area contributed by atoms with Gasteiger partial charge in [0.1, 0.15) is 0 Å². The Morgan fingerprint density at radius 3 is 2.88 bits per heavy atom. The number of carbonyl (C=O) groups excluding carboxylic acids is 1. The van der Waals surface area contributed by atoms with Crippen molar-refractivity contribution in [3.63, 3.8) is 0 Å². The molecule has 0 spiro atoms. The van der Waals surface area contributed by atoms with Crippen molar-refractivity contribution in [3.05, 3.63) is 17.2 Å². The fourth-order valence-electron chi connectivity index (χ4n) is 1.18. The minimum atomic E-state index is -0.325. The van der Waals surface area contributed by atoms with Crippen molar-refractivity contribution in [2.75, 3.05) is 12.3 Å². The molecule has 1 heterocycles. The number of anilines is 1. The van der Waals surface area contributed by atoms with Crippen LogP contribution in [0.1, 0.15) is 32.4 Å². The molecule has 0 aliphatic rings. The molecule has 16 heavy (non-hydrogen) atoms. The second-order valence-corrected chi connectivity index (χ2v) is 4.12. The van der Waals surface area contributed by atoms with Gasteiger partial charge < -0.3 is 10.5 Å². The van der Waals surface area contributed by atoms with Crippen LogP contribution in [0.3, 0.4) is 0 Å². The summed E-state index contributed by atoms with van der Waals surface area (Å²) in [4.78, 5) is 15.8. The normalized spacial score (nSPS) is 11.5. The summed E-state index contributed by atoms with van der Waals surface area (Å²) in [6.45, 7) is 4.35. The second kappa shape index (κ2) is 6.27. The number of hydrogen-bond donors (Lipinski definition) is 1. The van der Waals surface area contributed by atoms with E-state index in [0.29, 0.717) is 23.0 Å². The van der Waals surface area contributed by atoms with E-state index in [1.54, 1.807) is 5.38 Å². The van der Waals surface area contributed by atoms with Crippen LogP contribution < -0.4 is 5.73 Å². The Balaban J connectivity index is 2.83. The molecular weight excluding hydrogens is 224 g/mol. The number of allylic oxidation sites excluding steroid dienone is 1. The van der Waals surface area contributed by atoms with E-state index in [4.69, 9.17) is 10.5 Å². The highest BCUT2D eigenvalue weighted by Gasteiger charge is 2.15. The molecule has 1 rings (SSSR count). The van der Waals surface area contributed by atoms with Crippen LogP contribution in [0, 0.1) is 0 Å². The van der Waals surface area contributed by atoms with Gasteiger partial charge in [-0.15, -0.1) is 11.3 Å². The van der Waals surface area contributed by atoms with E-state index >= 15 is 0 Å². The van der Waals surface area contributed by atoms with Gasteiger partial charge >= 0.3 is 5.97 Å². The Labute approximate surface area is 99.1 Å². The average molecular weight is 240 g/mol. The van der Waals surface area contributed by atoms with Crippen LogP contribution in [0.4, 0.5) is 5.13 Å². The van der Waals surface area contributed by atoms with Gasteiger partial charge in [-0.2, -0.15) is 0 Å². The summed E-state index contributed by atoms with van der Waals surface area (Å²) in [6, 6.07) is 0. The largest absolute Gasteiger partial charge is 0.462 e. The molecular formula is C11H16N2O2S. The molecule has 4 nitrogen and oxygen atoms in total. The van der Waals surface area contributed by atoms with Crippen LogP contribution in [0.2, 0.25) is 0 Å². The van der Waals surface area contributed by atoms with Gasteiger partial charge in [0.15, 0.2) is 5.13 Å². The van der Waals surface area contributed by atoms with Gasteiger partial charge in [-0.05, 0) is 12.8 Å². The second-order valence-electron chi connectivity index (χ2n) is 3.23. The summed E-state index contributed by atoms with van der Waals surface area (Å²) < 4.78 is 5.09. The monoisotopic (exact) mass is 240 g/mol. The predicted octanol–water partition coefficient (Wildman–Crippen LogP) is 2.47. The number of carbonyl (C=O) groups is 1. The van der Waals surface area contributed by atoms with E-state index in [2.05, 4.69) is 4.98 Å². The van der Waals surface area contributed by atoms with Crippen molar-refractivity contribution in [2.45, 2.75) is 26.7 Å². The first kappa shape index (κ1) is 12.7. The van der Waals surface area contributed by atoms with Crippen LogP contribution in [-0.4, -0.2) is 17.6 Å². The number of nitrogens with two attached hydrogens (primary N) is 1. The predicted molar refractivity (Wildman–Crippen MR) is 66.0 cm³/mol. The maximum absolute atomic E-state index is 11.7. The van der Waals surface area contributed by atoms with Crippen molar-refractivity contribution in [1.29, 1.82) is 0 Å². The third-order valence-electron chi connectivity index (χ3n) is 1.86. The lowest BCUT2D eigenvalue weighted by Crippen LogP contribution is -2.08. The molecule has 1 aromatic heterocycles. The van der Waals surface area contributed by atoms with Crippen LogP contribution >= 0.6 is 11.3 Å². The molecule has 0 bridgehead atoms. The number of esters is 1. The quantitative estimate of drug-likeness (QED) is 0.634. The SMILES string of the molecule is CC/C=C(\C(=O)OCCC)c1csc(N)n1. The lowest BCUT2D eigenvalue weighted by molar-refractivity contribution is -0.136. The van der Waals surface area contributed by atoms with Crippen molar-refractivity contribution in [1.82, 2.24) is 4.98 Å². The van der Waals surface area contributed by atoms with Crippen molar-refractivity contribution < 1.29 is 9.53 Å². The van der Waals surface area contributed by atoms with Crippen molar-refractivity contribution in [2.24, 2.45) is 0 Å². The van der Waals surface area contributed by atoms with Gasteiger partial charge in [0, 0.05) is 5.38 Å². The molecule has 0 atom stereocenters. The van der Waals surface area contributed by atoms with E-state index in [-0.39, 0.29) is 5.97 Å². The van der Waals surface area contributed by atoms with Gasteiger partial charge in [0.2, 0.25) is 0 Å². The fourth-order valence-corrected chi connectivity index (χ4v) is 1.74. The van der Waals surface area contributed by atoms with Gasteiger partial charge in [-0.1, -0.05) is 19.9 Å². The number of aromatic nitrogens is 1. The highest BCUT2D eigenvalue weighted by Crippen LogP contribution is 2.21. The smallest absolute Gasteiger partial charge is 0.340 e. The van der Waals surface area contributed by atoms with E-state index in [1.807, 2.05) is 19.9 Å². The molecule has 0 unspecified atom stereocenters. The average Bonchev–Trinajstić information content (AvgIpc) is 2.69. The van der Waals surface area contributed by atoms with E-state index in [0.717, 1.165) is 12.8 Å². The van der Waals surface area contributed by atoms with Gasteiger partial charge in [-0.25, -0.2) is 9.78 Å². The molecule has 2 N–H and O–H groups in total. The molecule has 0 saturated heterocycles. The number of nitrogens with zero attached hydrogens (tertiary/aromatic N) is 1. The summed E-state index contributed by atoms with van der Waals surface area (Å²) in [5.74, 6) is -0.325. The number of ether oxygens (including phenoxy) is 1. The summed E-state index contributed by atoms with van der Waals surface area (Å²) in [5, 5.41) is 2.23. The summed E-state index contributed by atoms with van der Waals surface area (Å²) >= 11 is 1.32. The molecule has 0 aromatic carbocycles. The summed E-state index contributed by atoms with van der Waals surface area (Å²) in [5.41, 5.74) is 6.65. The van der Waals surface area contributed by atoms with Crippen LogP contribution in [0.15, 0.2) is 11.5 Å². The first-order valence-electron chi connectivity index (χ1n) is 5.27. The highest BCUT2D eigenvalue weighted by molar-refractivity contribution is 7.13. The summed E-state index contributed by atoms with van der Waals surface area (Å²) in [7, 11) is 0.